The van der Waals surface area contributed by atoms with Crippen LogP contribution in [-0.4, -0.2) is 10.1 Å². The summed E-state index contributed by atoms with van der Waals surface area (Å²) in [6.07, 6.45) is 6.17. The van der Waals surface area contributed by atoms with Crippen LogP contribution in [0.2, 0.25) is 0 Å². The molecular formula is C15H17ClN2O. The Morgan fingerprint density at radius 1 is 1.11 bits per heavy atom. The van der Waals surface area contributed by atoms with Gasteiger partial charge in [0.25, 0.3) is 0 Å². The van der Waals surface area contributed by atoms with Crippen LogP contribution in [0, 0.1) is 0 Å². The third-order valence-electron chi connectivity index (χ3n) is 3.74. The Hall–Kier alpha value is -1.35. The SMILES string of the molecule is ClC(c1ccccc1)c1nc(C2CCCCC2)no1. The van der Waals surface area contributed by atoms with E-state index in [1.54, 1.807) is 0 Å². The monoisotopic (exact) mass is 276 g/mol. The topological polar surface area (TPSA) is 38.9 Å². The Balaban J connectivity index is 1.77. The van der Waals surface area contributed by atoms with Gasteiger partial charge in [0.2, 0.25) is 5.89 Å². The maximum Gasteiger partial charge on any atom is 0.249 e. The van der Waals surface area contributed by atoms with Gasteiger partial charge in [-0.05, 0) is 18.4 Å². The Labute approximate surface area is 118 Å². The van der Waals surface area contributed by atoms with Crippen molar-refractivity contribution < 1.29 is 4.52 Å². The van der Waals surface area contributed by atoms with E-state index in [-0.39, 0.29) is 5.38 Å². The molecule has 1 fully saturated rings. The summed E-state index contributed by atoms with van der Waals surface area (Å²) in [5.74, 6) is 1.79. The lowest BCUT2D eigenvalue weighted by Gasteiger charge is -2.17. The van der Waals surface area contributed by atoms with Crippen molar-refractivity contribution in [2.75, 3.05) is 0 Å². The first-order chi connectivity index (χ1) is 9.34. The molecule has 3 nitrogen and oxygen atoms in total. The summed E-state index contributed by atoms with van der Waals surface area (Å²) in [5.41, 5.74) is 0.989. The van der Waals surface area contributed by atoms with E-state index in [4.69, 9.17) is 16.1 Å². The molecule has 3 rings (SSSR count). The highest BCUT2D eigenvalue weighted by atomic mass is 35.5. The van der Waals surface area contributed by atoms with Gasteiger partial charge in [-0.25, -0.2) is 0 Å². The zero-order valence-corrected chi connectivity index (χ0v) is 11.5. The third kappa shape index (κ3) is 2.81. The Kier molecular flexibility index (Phi) is 3.83. The van der Waals surface area contributed by atoms with Crippen molar-refractivity contribution in [3.63, 3.8) is 0 Å². The summed E-state index contributed by atoms with van der Waals surface area (Å²) < 4.78 is 5.34. The van der Waals surface area contributed by atoms with Gasteiger partial charge in [0.1, 0.15) is 5.38 Å². The van der Waals surface area contributed by atoms with Crippen molar-refractivity contribution in [3.05, 3.63) is 47.6 Å². The van der Waals surface area contributed by atoms with Crippen molar-refractivity contribution in [1.82, 2.24) is 10.1 Å². The van der Waals surface area contributed by atoms with Crippen LogP contribution < -0.4 is 0 Å². The van der Waals surface area contributed by atoms with Gasteiger partial charge in [-0.3, -0.25) is 0 Å². The molecule has 1 unspecified atom stereocenters. The Morgan fingerprint density at radius 3 is 2.58 bits per heavy atom. The standard InChI is InChI=1S/C15H17ClN2O/c16-13(11-7-3-1-4-8-11)15-17-14(18-19-15)12-9-5-2-6-10-12/h1,3-4,7-8,12-13H,2,5-6,9-10H2. The average molecular weight is 277 g/mol. The summed E-state index contributed by atoms with van der Waals surface area (Å²) in [6, 6.07) is 9.84. The first-order valence-electron chi connectivity index (χ1n) is 6.87. The van der Waals surface area contributed by atoms with Crippen LogP contribution in [0.1, 0.15) is 60.7 Å². The average Bonchev–Trinajstić information content (AvgIpc) is 2.98. The van der Waals surface area contributed by atoms with E-state index >= 15 is 0 Å². The first-order valence-corrected chi connectivity index (χ1v) is 7.31. The molecule has 1 aromatic heterocycles. The molecule has 1 atom stereocenters. The normalized spacial score (nSPS) is 18.4. The molecule has 1 aliphatic rings. The van der Waals surface area contributed by atoms with E-state index in [0.717, 1.165) is 24.2 Å². The van der Waals surface area contributed by atoms with E-state index in [9.17, 15) is 0 Å². The first kappa shape index (κ1) is 12.7. The summed E-state index contributed by atoms with van der Waals surface area (Å²) in [5, 5.41) is 3.76. The highest BCUT2D eigenvalue weighted by Gasteiger charge is 2.24. The number of halogens is 1. The lowest BCUT2D eigenvalue weighted by Crippen LogP contribution is -2.06. The summed E-state index contributed by atoms with van der Waals surface area (Å²) >= 11 is 6.39. The number of nitrogens with zero attached hydrogens (tertiary/aromatic N) is 2. The molecule has 1 aromatic carbocycles. The third-order valence-corrected chi connectivity index (χ3v) is 4.18. The van der Waals surface area contributed by atoms with Crippen LogP contribution >= 0.6 is 11.6 Å². The second kappa shape index (κ2) is 5.74. The largest absolute Gasteiger partial charge is 0.337 e. The van der Waals surface area contributed by atoms with Crippen LogP contribution in [0.5, 0.6) is 0 Å². The second-order valence-electron chi connectivity index (χ2n) is 5.10. The lowest BCUT2D eigenvalue weighted by molar-refractivity contribution is 0.360. The molecule has 0 amide bonds. The van der Waals surface area contributed by atoms with Crippen molar-refractivity contribution in [2.45, 2.75) is 43.4 Å². The zero-order chi connectivity index (χ0) is 13.1. The summed E-state index contributed by atoms with van der Waals surface area (Å²) in [7, 11) is 0. The Bertz CT molecular complexity index is 520. The number of benzene rings is 1. The van der Waals surface area contributed by atoms with Gasteiger partial charge in [0.15, 0.2) is 5.82 Å². The number of hydrogen-bond donors (Lipinski definition) is 0. The minimum Gasteiger partial charge on any atom is -0.337 e. The molecule has 1 heterocycles. The van der Waals surface area contributed by atoms with Gasteiger partial charge < -0.3 is 4.52 Å². The zero-order valence-electron chi connectivity index (χ0n) is 10.8. The second-order valence-corrected chi connectivity index (χ2v) is 5.54. The van der Waals surface area contributed by atoms with Crippen LogP contribution in [0.4, 0.5) is 0 Å². The maximum absolute atomic E-state index is 6.39. The number of alkyl halides is 1. The van der Waals surface area contributed by atoms with E-state index in [2.05, 4.69) is 10.1 Å². The molecule has 100 valence electrons. The maximum atomic E-state index is 6.39. The molecule has 4 heteroatoms. The highest BCUT2D eigenvalue weighted by molar-refractivity contribution is 6.22. The fraction of sp³-hybridized carbons (Fsp3) is 0.467. The number of rotatable bonds is 3. The van der Waals surface area contributed by atoms with Crippen molar-refractivity contribution in [2.24, 2.45) is 0 Å². The van der Waals surface area contributed by atoms with Crippen LogP contribution in [0.3, 0.4) is 0 Å². The molecule has 0 N–H and O–H groups in total. The molecule has 19 heavy (non-hydrogen) atoms. The van der Waals surface area contributed by atoms with E-state index in [0.29, 0.717) is 11.8 Å². The van der Waals surface area contributed by atoms with E-state index in [1.165, 1.54) is 19.3 Å². The molecule has 0 spiro atoms. The smallest absolute Gasteiger partial charge is 0.249 e. The minimum atomic E-state index is -0.356. The molecule has 0 radical (unpaired) electrons. The van der Waals surface area contributed by atoms with Gasteiger partial charge in [0.05, 0.1) is 0 Å². The van der Waals surface area contributed by atoms with Crippen molar-refractivity contribution >= 4 is 11.6 Å². The van der Waals surface area contributed by atoms with Crippen molar-refractivity contribution in [3.8, 4) is 0 Å². The van der Waals surface area contributed by atoms with Crippen LogP contribution in [0.25, 0.3) is 0 Å². The fourth-order valence-corrected chi connectivity index (χ4v) is 2.88. The molecule has 0 bridgehead atoms. The van der Waals surface area contributed by atoms with E-state index in [1.807, 2.05) is 30.3 Å². The predicted molar refractivity (Wildman–Crippen MR) is 74.3 cm³/mol. The van der Waals surface area contributed by atoms with Crippen LogP contribution in [0.15, 0.2) is 34.9 Å². The molecular weight excluding hydrogens is 260 g/mol. The van der Waals surface area contributed by atoms with Gasteiger partial charge >= 0.3 is 0 Å². The van der Waals surface area contributed by atoms with Crippen LogP contribution in [-0.2, 0) is 0 Å². The molecule has 0 saturated heterocycles. The molecule has 2 aromatic rings. The fourth-order valence-electron chi connectivity index (χ4n) is 2.64. The van der Waals surface area contributed by atoms with E-state index < -0.39 is 0 Å². The predicted octanol–water partition coefficient (Wildman–Crippen LogP) is 4.45. The van der Waals surface area contributed by atoms with Gasteiger partial charge in [0, 0.05) is 5.92 Å². The van der Waals surface area contributed by atoms with Gasteiger partial charge in [-0.15, -0.1) is 11.6 Å². The Morgan fingerprint density at radius 2 is 1.84 bits per heavy atom. The van der Waals surface area contributed by atoms with Gasteiger partial charge in [-0.2, -0.15) is 4.98 Å². The summed E-state index contributed by atoms with van der Waals surface area (Å²) in [4.78, 5) is 4.50. The van der Waals surface area contributed by atoms with Crippen molar-refractivity contribution in [1.29, 1.82) is 0 Å². The number of aromatic nitrogens is 2. The quantitative estimate of drug-likeness (QED) is 0.778. The molecule has 1 saturated carbocycles. The highest BCUT2D eigenvalue weighted by Crippen LogP contribution is 2.33. The molecule has 0 aliphatic heterocycles. The lowest BCUT2D eigenvalue weighted by atomic mass is 9.89. The molecule has 1 aliphatic carbocycles. The number of hydrogen-bond acceptors (Lipinski definition) is 3. The summed E-state index contributed by atoms with van der Waals surface area (Å²) in [6.45, 7) is 0. The van der Waals surface area contributed by atoms with Gasteiger partial charge in [-0.1, -0.05) is 54.8 Å². The minimum absolute atomic E-state index is 0.356.